The molecule has 24 heavy (non-hydrogen) atoms. The number of hydrogen-bond donors (Lipinski definition) is 3. The normalized spacial score (nSPS) is 10.8. The number of pyridine rings is 1. The van der Waals surface area contributed by atoms with Gasteiger partial charge in [0.2, 0.25) is 0 Å². The second-order valence-corrected chi connectivity index (χ2v) is 5.25. The lowest BCUT2D eigenvalue weighted by molar-refractivity contribution is 0.0697. The van der Waals surface area contributed by atoms with Gasteiger partial charge in [0.05, 0.1) is 28.6 Å². The van der Waals surface area contributed by atoms with Gasteiger partial charge in [-0.25, -0.2) is 14.5 Å². The third-order valence-electron chi connectivity index (χ3n) is 3.75. The van der Waals surface area contributed by atoms with E-state index in [9.17, 15) is 9.90 Å². The Morgan fingerprint density at radius 3 is 2.62 bits per heavy atom. The Morgan fingerprint density at radius 1 is 1.21 bits per heavy atom. The van der Waals surface area contributed by atoms with Crippen molar-refractivity contribution in [3.05, 3.63) is 42.2 Å². The largest absolute Gasteiger partial charge is 0.478 e. The Labute approximate surface area is 139 Å². The van der Waals surface area contributed by atoms with Gasteiger partial charge in [-0.3, -0.25) is 0 Å². The average molecular weight is 325 g/mol. The number of aryl methyl sites for hydroxylation is 1. The predicted molar refractivity (Wildman–Crippen MR) is 94.0 cm³/mol. The molecule has 2 aromatic heterocycles. The standard InChI is InChI=1S/C17H19N5O2/c1-3-18-13-7-5-6-8-14(13)21-15-11-10-20-22(4-2)16(11)19-9-12(15)17(23)24/h5-10,18H,3-4H2,1-2H3,(H,19,21)(H,23,24). The Balaban J connectivity index is 2.15. The number of rotatable bonds is 6. The van der Waals surface area contributed by atoms with Crippen LogP contribution in [0.3, 0.4) is 0 Å². The Bertz CT molecular complexity index is 888. The molecule has 7 nitrogen and oxygen atoms in total. The maximum Gasteiger partial charge on any atom is 0.339 e. The summed E-state index contributed by atoms with van der Waals surface area (Å²) < 4.78 is 1.74. The van der Waals surface area contributed by atoms with E-state index in [1.165, 1.54) is 6.20 Å². The number of aromatic carboxylic acids is 1. The van der Waals surface area contributed by atoms with Crippen molar-refractivity contribution in [2.75, 3.05) is 17.2 Å². The molecule has 0 aliphatic carbocycles. The molecule has 0 bridgehead atoms. The molecular formula is C17H19N5O2. The maximum atomic E-state index is 11.6. The van der Waals surface area contributed by atoms with Crippen molar-refractivity contribution in [1.29, 1.82) is 0 Å². The topological polar surface area (TPSA) is 92.1 Å². The molecule has 0 aliphatic heterocycles. The molecule has 0 fully saturated rings. The zero-order chi connectivity index (χ0) is 17.1. The summed E-state index contributed by atoms with van der Waals surface area (Å²) in [6, 6.07) is 7.68. The molecular weight excluding hydrogens is 306 g/mol. The highest BCUT2D eigenvalue weighted by molar-refractivity contribution is 6.05. The number of aromatic nitrogens is 3. The van der Waals surface area contributed by atoms with Crippen LogP contribution in [0.15, 0.2) is 36.7 Å². The number of hydrogen-bond acceptors (Lipinski definition) is 5. The zero-order valence-electron chi connectivity index (χ0n) is 13.6. The summed E-state index contributed by atoms with van der Waals surface area (Å²) in [4.78, 5) is 15.9. The predicted octanol–water partition coefficient (Wildman–Crippen LogP) is 3.32. The molecule has 3 rings (SSSR count). The highest BCUT2D eigenvalue weighted by Crippen LogP contribution is 2.32. The number of carboxylic acid groups (broad SMARTS) is 1. The molecule has 1 aromatic carbocycles. The molecule has 7 heteroatoms. The minimum Gasteiger partial charge on any atom is -0.478 e. The number of nitrogens with one attached hydrogen (secondary N) is 2. The van der Waals surface area contributed by atoms with Crippen LogP contribution in [0.5, 0.6) is 0 Å². The van der Waals surface area contributed by atoms with Gasteiger partial charge in [0.1, 0.15) is 5.56 Å². The summed E-state index contributed by atoms with van der Waals surface area (Å²) >= 11 is 0. The van der Waals surface area contributed by atoms with Crippen molar-refractivity contribution in [1.82, 2.24) is 14.8 Å². The number of anilines is 3. The third-order valence-corrected chi connectivity index (χ3v) is 3.75. The lowest BCUT2D eigenvalue weighted by atomic mass is 10.1. The quantitative estimate of drug-likeness (QED) is 0.644. The van der Waals surface area contributed by atoms with Crippen molar-refractivity contribution in [3.8, 4) is 0 Å². The van der Waals surface area contributed by atoms with Crippen molar-refractivity contribution >= 4 is 34.1 Å². The summed E-state index contributed by atoms with van der Waals surface area (Å²) in [5.74, 6) is -1.03. The molecule has 3 aromatic rings. The van der Waals surface area contributed by atoms with Crippen LogP contribution < -0.4 is 10.6 Å². The number of fused-ring (bicyclic) bond motifs is 1. The second kappa shape index (κ2) is 6.57. The smallest absolute Gasteiger partial charge is 0.339 e. The van der Waals surface area contributed by atoms with Crippen LogP contribution in [-0.2, 0) is 6.54 Å². The molecule has 3 N–H and O–H groups in total. The molecule has 0 atom stereocenters. The van der Waals surface area contributed by atoms with E-state index in [1.807, 2.05) is 38.1 Å². The molecule has 0 unspecified atom stereocenters. The minimum atomic E-state index is -1.03. The number of benzene rings is 1. The van der Waals surface area contributed by atoms with Crippen molar-refractivity contribution < 1.29 is 9.90 Å². The first-order valence-corrected chi connectivity index (χ1v) is 7.83. The van der Waals surface area contributed by atoms with Gasteiger partial charge in [-0.1, -0.05) is 12.1 Å². The van der Waals surface area contributed by atoms with E-state index >= 15 is 0 Å². The van der Waals surface area contributed by atoms with Crippen LogP contribution >= 0.6 is 0 Å². The molecule has 0 amide bonds. The fraction of sp³-hybridized carbons (Fsp3) is 0.235. The zero-order valence-corrected chi connectivity index (χ0v) is 13.6. The Hall–Kier alpha value is -3.09. The highest BCUT2D eigenvalue weighted by Gasteiger charge is 2.18. The fourth-order valence-electron chi connectivity index (χ4n) is 2.63. The van der Waals surface area contributed by atoms with E-state index in [0.29, 0.717) is 23.3 Å². The van der Waals surface area contributed by atoms with E-state index in [-0.39, 0.29) is 5.56 Å². The van der Waals surface area contributed by atoms with Gasteiger partial charge in [-0.15, -0.1) is 0 Å². The number of carboxylic acids is 1. The van der Waals surface area contributed by atoms with Crippen LogP contribution in [-0.4, -0.2) is 32.4 Å². The third kappa shape index (κ3) is 2.76. The summed E-state index contributed by atoms with van der Waals surface area (Å²) in [5, 5.41) is 21.0. The van der Waals surface area contributed by atoms with Gasteiger partial charge in [-0.2, -0.15) is 5.10 Å². The minimum absolute atomic E-state index is 0.115. The summed E-state index contributed by atoms with van der Waals surface area (Å²) in [6.07, 6.45) is 3.02. The maximum absolute atomic E-state index is 11.6. The van der Waals surface area contributed by atoms with Crippen molar-refractivity contribution in [3.63, 3.8) is 0 Å². The Morgan fingerprint density at radius 2 is 1.96 bits per heavy atom. The number of para-hydroxylation sites is 2. The first kappa shape index (κ1) is 15.8. The van der Waals surface area contributed by atoms with Gasteiger partial charge in [0.15, 0.2) is 5.65 Å². The SMILES string of the molecule is CCNc1ccccc1Nc1c(C(=O)O)cnc2c1cnn2CC. The molecule has 2 heterocycles. The van der Waals surface area contributed by atoms with Gasteiger partial charge >= 0.3 is 5.97 Å². The van der Waals surface area contributed by atoms with Crippen LogP contribution in [0.1, 0.15) is 24.2 Å². The first-order valence-electron chi connectivity index (χ1n) is 7.83. The van der Waals surface area contributed by atoms with Crippen LogP contribution in [0, 0.1) is 0 Å². The van der Waals surface area contributed by atoms with Crippen molar-refractivity contribution in [2.45, 2.75) is 20.4 Å². The fourth-order valence-corrected chi connectivity index (χ4v) is 2.63. The molecule has 0 radical (unpaired) electrons. The van der Waals surface area contributed by atoms with E-state index in [1.54, 1.807) is 10.9 Å². The summed E-state index contributed by atoms with van der Waals surface area (Å²) in [7, 11) is 0. The van der Waals surface area contributed by atoms with Crippen molar-refractivity contribution in [2.24, 2.45) is 0 Å². The lowest BCUT2D eigenvalue weighted by Crippen LogP contribution is -2.07. The van der Waals surface area contributed by atoms with Gasteiger partial charge in [-0.05, 0) is 26.0 Å². The monoisotopic (exact) mass is 325 g/mol. The molecule has 0 spiro atoms. The first-order chi connectivity index (χ1) is 11.7. The number of nitrogens with zero attached hydrogens (tertiary/aromatic N) is 3. The Kier molecular flexibility index (Phi) is 4.33. The van der Waals surface area contributed by atoms with E-state index in [0.717, 1.165) is 17.9 Å². The molecule has 0 saturated heterocycles. The molecule has 124 valence electrons. The lowest BCUT2D eigenvalue weighted by Gasteiger charge is -2.15. The van der Waals surface area contributed by atoms with E-state index in [2.05, 4.69) is 20.7 Å². The summed E-state index contributed by atoms with van der Waals surface area (Å²) in [6.45, 7) is 5.41. The molecule has 0 aliphatic rings. The van der Waals surface area contributed by atoms with Gasteiger partial charge in [0.25, 0.3) is 0 Å². The van der Waals surface area contributed by atoms with E-state index in [4.69, 9.17) is 0 Å². The highest BCUT2D eigenvalue weighted by atomic mass is 16.4. The van der Waals surface area contributed by atoms with Gasteiger partial charge < -0.3 is 15.7 Å². The van der Waals surface area contributed by atoms with Crippen LogP contribution in [0.2, 0.25) is 0 Å². The van der Waals surface area contributed by atoms with Crippen LogP contribution in [0.4, 0.5) is 17.1 Å². The summed E-state index contributed by atoms with van der Waals surface area (Å²) in [5.41, 5.74) is 2.98. The average Bonchev–Trinajstić information content (AvgIpc) is 3.00. The molecule has 0 saturated carbocycles. The second-order valence-electron chi connectivity index (χ2n) is 5.25. The van der Waals surface area contributed by atoms with E-state index < -0.39 is 5.97 Å². The number of carbonyl (C=O) groups is 1. The van der Waals surface area contributed by atoms with Crippen LogP contribution in [0.25, 0.3) is 11.0 Å². The van der Waals surface area contributed by atoms with Gasteiger partial charge in [0, 0.05) is 19.3 Å².